The summed E-state index contributed by atoms with van der Waals surface area (Å²) in [5.74, 6) is 2.28. The average molecular weight is 288 g/mol. The minimum atomic E-state index is 0.520. The van der Waals surface area contributed by atoms with E-state index in [-0.39, 0.29) is 0 Å². The van der Waals surface area contributed by atoms with E-state index in [1.54, 1.807) is 21.3 Å². The van der Waals surface area contributed by atoms with E-state index in [0.717, 1.165) is 22.6 Å². The normalized spacial score (nSPS) is 10.2. The third-order valence-electron chi connectivity index (χ3n) is 3.14. The summed E-state index contributed by atoms with van der Waals surface area (Å²) in [5.41, 5.74) is 2.15. The predicted molar refractivity (Wildman–Crippen MR) is 81.0 cm³/mol. The third kappa shape index (κ3) is 4.13. The second-order valence-electron chi connectivity index (χ2n) is 4.53. The second kappa shape index (κ2) is 7.55. The van der Waals surface area contributed by atoms with E-state index in [1.165, 1.54) is 0 Å². The van der Waals surface area contributed by atoms with Crippen LogP contribution >= 0.6 is 0 Å². The summed E-state index contributed by atoms with van der Waals surface area (Å²) in [6, 6.07) is 13.6. The van der Waals surface area contributed by atoms with E-state index >= 15 is 0 Å². The fourth-order valence-corrected chi connectivity index (χ4v) is 1.98. The van der Waals surface area contributed by atoms with Crippen molar-refractivity contribution in [3.8, 4) is 17.2 Å². The van der Waals surface area contributed by atoms with Crippen LogP contribution in [0.3, 0.4) is 0 Å². The zero-order valence-corrected chi connectivity index (χ0v) is 12.6. The van der Waals surface area contributed by atoms with Gasteiger partial charge in [0.15, 0.2) is 11.5 Å². The van der Waals surface area contributed by atoms with E-state index in [0.29, 0.717) is 19.0 Å². The maximum absolute atomic E-state index is 5.72. The topological polar surface area (TPSA) is 36.9 Å². The molecule has 2 rings (SSSR count). The fraction of sp³-hybridized carbons (Fsp3) is 0.294. The Morgan fingerprint density at radius 1 is 0.667 bits per heavy atom. The molecule has 0 aliphatic carbocycles. The molecule has 0 saturated carbocycles. The van der Waals surface area contributed by atoms with E-state index in [2.05, 4.69) is 0 Å². The van der Waals surface area contributed by atoms with Gasteiger partial charge >= 0.3 is 0 Å². The largest absolute Gasteiger partial charge is 0.497 e. The molecule has 0 unspecified atom stereocenters. The van der Waals surface area contributed by atoms with Gasteiger partial charge in [0.1, 0.15) is 5.75 Å². The lowest BCUT2D eigenvalue weighted by Crippen LogP contribution is -1.96. The number of hydrogen-bond acceptors (Lipinski definition) is 4. The minimum absolute atomic E-state index is 0.520. The van der Waals surface area contributed by atoms with Crippen LogP contribution in [0.25, 0.3) is 0 Å². The van der Waals surface area contributed by atoms with Crippen molar-refractivity contribution in [3.63, 3.8) is 0 Å². The van der Waals surface area contributed by atoms with Gasteiger partial charge in [0, 0.05) is 0 Å². The third-order valence-corrected chi connectivity index (χ3v) is 3.14. The lowest BCUT2D eigenvalue weighted by Gasteiger charge is -2.10. The molecule has 0 N–H and O–H groups in total. The quantitative estimate of drug-likeness (QED) is 0.782. The molecule has 0 radical (unpaired) electrons. The van der Waals surface area contributed by atoms with Crippen molar-refractivity contribution in [3.05, 3.63) is 53.6 Å². The van der Waals surface area contributed by atoms with Gasteiger partial charge in [-0.2, -0.15) is 0 Å². The van der Waals surface area contributed by atoms with E-state index in [9.17, 15) is 0 Å². The predicted octanol–water partition coefficient (Wildman–Crippen LogP) is 3.43. The molecule has 2 aromatic rings. The summed E-state index contributed by atoms with van der Waals surface area (Å²) in [5, 5.41) is 0. The fourth-order valence-electron chi connectivity index (χ4n) is 1.98. The Bertz CT molecular complexity index is 564. The van der Waals surface area contributed by atoms with Crippen molar-refractivity contribution in [2.45, 2.75) is 13.2 Å². The summed E-state index contributed by atoms with van der Waals surface area (Å²) in [7, 11) is 4.90. The van der Waals surface area contributed by atoms with Crippen molar-refractivity contribution in [2.75, 3.05) is 21.3 Å². The smallest absolute Gasteiger partial charge is 0.161 e. The van der Waals surface area contributed by atoms with Gasteiger partial charge in [-0.05, 0) is 35.4 Å². The number of ether oxygens (including phenoxy) is 4. The van der Waals surface area contributed by atoms with Crippen LogP contribution in [0, 0.1) is 0 Å². The van der Waals surface area contributed by atoms with Gasteiger partial charge in [-0.25, -0.2) is 0 Å². The Labute approximate surface area is 125 Å². The highest BCUT2D eigenvalue weighted by Gasteiger charge is 2.04. The molecule has 0 aromatic heterocycles. The zero-order valence-electron chi connectivity index (χ0n) is 12.6. The molecule has 112 valence electrons. The van der Waals surface area contributed by atoms with Crippen LogP contribution in [-0.4, -0.2) is 21.3 Å². The molecule has 0 aliphatic heterocycles. The molecule has 4 nitrogen and oxygen atoms in total. The van der Waals surface area contributed by atoms with Crippen molar-refractivity contribution in [2.24, 2.45) is 0 Å². The number of benzene rings is 2. The van der Waals surface area contributed by atoms with Crippen LogP contribution in [0.1, 0.15) is 11.1 Å². The lowest BCUT2D eigenvalue weighted by molar-refractivity contribution is 0.107. The van der Waals surface area contributed by atoms with Gasteiger partial charge in [0.2, 0.25) is 0 Å². The molecule has 0 bridgehead atoms. The Hall–Kier alpha value is -2.20. The van der Waals surface area contributed by atoms with Crippen LogP contribution in [0.2, 0.25) is 0 Å². The summed E-state index contributed by atoms with van der Waals surface area (Å²) >= 11 is 0. The summed E-state index contributed by atoms with van der Waals surface area (Å²) in [6.45, 7) is 1.07. The molecular weight excluding hydrogens is 268 g/mol. The van der Waals surface area contributed by atoms with Crippen LogP contribution in [0.4, 0.5) is 0 Å². The molecule has 21 heavy (non-hydrogen) atoms. The van der Waals surface area contributed by atoms with Crippen LogP contribution in [0.5, 0.6) is 17.2 Å². The van der Waals surface area contributed by atoms with Gasteiger partial charge in [-0.1, -0.05) is 18.2 Å². The standard InChI is InChI=1S/C17H20O4/c1-18-15-7-4-13(5-8-15)11-21-12-14-6-9-16(19-2)17(10-14)20-3/h4-10H,11-12H2,1-3H3. The first-order valence-corrected chi connectivity index (χ1v) is 6.68. The maximum atomic E-state index is 5.72. The first-order valence-electron chi connectivity index (χ1n) is 6.68. The van der Waals surface area contributed by atoms with Gasteiger partial charge in [0.05, 0.1) is 34.5 Å². The van der Waals surface area contributed by atoms with Crippen molar-refractivity contribution in [1.29, 1.82) is 0 Å². The highest BCUT2D eigenvalue weighted by Crippen LogP contribution is 2.27. The molecule has 0 fully saturated rings. The minimum Gasteiger partial charge on any atom is -0.497 e. The molecule has 0 amide bonds. The van der Waals surface area contributed by atoms with Crippen molar-refractivity contribution < 1.29 is 18.9 Å². The molecular formula is C17H20O4. The van der Waals surface area contributed by atoms with Gasteiger partial charge in [-0.3, -0.25) is 0 Å². The van der Waals surface area contributed by atoms with Crippen LogP contribution < -0.4 is 14.2 Å². The van der Waals surface area contributed by atoms with E-state index < -0.39 is 0 Å². The highest BCUT2D eigenvalue weighted by atomic mass is 16.5. The van der Waals surface area contributed by atoms with E-state index in [4.69, 9.17) is 18.9 Å². The number of hydrogen-bond donors (Lipinski definition) is 0. The lowest BCUT2D eigenvalue weighted by atomic mass is 10.2. The van der Waals surface area contributed by atoms with Crippen molar-refractivity contribution in [1.82, 2.24) is 0 Å². The Morgan fingerprint density at radius 2 is 1.29 bits per heavy atom. The Morgan fingerprint density at radius 3 is 1.90 bits per heavy atom. The Balaban J connectivity index is 1.90. The molecule has 0 spiro atoms. The highest BCUT2D eigenvalue weighted by molar-refractivity contribution is 5.42. The molecule has 0 aliphatic rings. The number of rotatable bonds is 7. The first kappa shape index (κ1) is 15.2. The van der Waals surface area contributed by atoms with E-state index in [1.807, 2.05) is 42.5 Å². The van der Waals surface area contributed by atoms with Crippen LogP contribution in [-0.2, 0) is 18.0 Å². The zero-order chi connectivity index (χ0) is 15.1. The van der Waals surface area contributed by atoms with Gasteiger partial charge in [0.25, 0.3) is 0 Å². The molecule has 0 saturated heterocycles. The molecule has 2 aromatic carbocycles. The maximum Gasteiger partial charge on any atom is 0.161 e. The first-order chi connectivity index (χ1) is 10.3. The monoisotopic (exact) mass is 288 g/mol. The van der Waals surface area contributed by atoms with Crippen LogP contribution in [0.15, 0.2) is 42.5 Å². The second-order valence-corrected chi connectivity index (χ2v) is 4.53. The SMILES string of the molecule is COc1ccc(COCc2ccc(OC)c(OC)c2)cc1. The Kier molecular flexibility index (Phi) is 5.46. The van der Waals surface area contributed by atoms with Gasteiger partial charge < -0.3 is 18.9 Å². The van der Waals surface area contributed by atoms with Crippen molar-refractivity contribution >= 4 is 0 Å². The average Bonchev–Trinajstić information content (AvgIpc) is 2.55. The van der Waals surface area contributed by atoms with Gasteiger partial charge in [-0.15, -0.1) is 0 Å². The summed E-state index contributed by atoms with van der Waals surface area (Å²) < 4.78 is 21.3. The number of methoxy groups -OCH3 is 3. The molecule has 0 heterocycles. The summed E-state index contributed by atoms with van der Waals surface area (Å²) in [6.07, 6.45) is 0. The molecule has 4 heteroatoms. The molecule has 0 atom stereocenters. The summed E-state index contributed by atoms with van der Waals surface area (Å²) in [4.78, 5) is 0.